The molecule has 154 valence electrons. The van der Waals surface area contributed by atoms with Crippen LogP contribution in [-0.2, 0) is 9.53 Å². The molecule has 0 aliphatic heterocycles. The molecule has 0 radical (unpaired) electrons. The molecule has 0 saturated heterocycles. The van der Waals surface area contributed by atoms with Crippen molar-refractivity contribution in [3.63, 3.8) is 0 Å². The number of allylic oxidation sites excluding steroid dienone is 7. The van der Waals surface area contributed by atoms with Crippen LogP contribution in [0.3, 0.4) is 0 Å². The molecule has 0 spiro atoms. The van der Waals surface area contributed by atoms with Crippen molar-refractivity contribution in [2.75, 3.05) is 6.61 Å². The number of hydrogen-bond donors (Lipinski definition) is 1. The van der Waals surface area contributed by atoms with Gasteiger partial charge in [0.2, 0.25) is 0 Å². The van der Waals surface area contributed by atoms with Gasteiger partial charge in [-0.2, -0.15) is 0 Å². The fourth-order valence-corrected chi connectivity index (χ4v) is 2.53. The van der Waals surface area contributed by atoms with Crippen molar-refractivity contribution in [1.29, 1.82) is 0 Å². The Balaban J connectivity index is 3.84. The minimum absolute atomic E-state index is 0.0666. The van der Waals surface area contributed by atoms with Crippen LogP contribution in [0.2, 0.25) is 0 Å². The number of carbonyl (C=O) groups is 1. The van der Waals surface area contributed by atoms with Gasteiger partial charge in [0.05, 0.1) is 12.7 Å². The van der Waals surface area contributed by atoms with E-state index >= 15 is 0 Å². The Kier molecular flexibility index (Phi) is 15.6. The Morgan fingerprint density at radius 3 is 2.33 bits per heavy atom. The molecule has 1 N–H and O–H groups in total. The lowest BCUT2D eigenvalue weighted by molar-refractivity contribution is -0.143. The number of hydrogen-bond acceptors (Lipinski definition) is 3. The van der Waals surface area contributed by atoms with E-state index in [2.05, 4.69) is 51.2 Å². The largest absolute Gasteiger partial charge is 0.466 e. The Morgan fingerprint density at radius 2 is 1.67 bits per heavy atom. The summed E-state index contributed by atoms with van der Waals surface area (Å²) in [6, 6.07) is 0. The summed E-state index contributed by atoms with van der Waals surface area (Å²) in [7, 11) is 0. The van der Waals surface area contributed by atoms with E-state index in [1.807, 2.05) is 25.2 Å². The van der Waals surface area contributed by atoms with Crippen molar-refractivity contribution in [1.82, 2.24) is 0 Å². The van der Waals surface area contributed by atoms with E-state index in [1.54, 1.807) is 0 Å². The highest BCUT2D eigenvalue weighted by Gasteiger charge is 2.24. The van der Waals surface area contributed by atoms with Crippen molar-refractivity contribution in [2.45, 2.75) is 85.2 Å². The first-order chi connectivity index (χ1) is 12.9. The predicted octanol–water partition coefficient (Wildman–Crippen LogP) is 6.30. The molecule has 3 nitrogen and oxygen atoms in total. The average Bonchev–Trinajstić information content (AvgIpc) is 2.63. The van der Waals surface area contributed by atoms with Crippen LogP contribution in [0.5, 0.6) is 0 Å². The number of aliphatic hydroxyl groups excluding tert-OH is 1. The third-order valence-corrected chi connectivity index (χ3v) is 4.45. The number of unbranched alkanes of at least 4 members (excludes halogenated alkanes) is 2. The monoisotopic (exact) mass is 376 g/mol. The van der Waals surface area contributed by atoms with Crippen LogP contribution in [0.1, 0.15) is 79.1 Å². The van der Waals surface area contributed by atoms with Crippen LogP contribution in [0.4, 0.5) is 0 Å². The fourth-order valence-electron chi connectivity index (χ4n) is 2.53. The minimum atomic E-state index is -0.404. The minimum Gasteiger partial charge on any atom is -0.466 e. The molecule has 0 aliphatic carbocycles. The summed E-state index contributed by atoms with van der Waals surface area (Å²) in [4.78, 5) is 11.2. The maximum atomic E-state index is 11.2. The predicted molar refractivity (Wildman–Crippen MR) is 116 cm³/mol. The first-order valence-electron chi connectivity index (χ1n) is 10.4. The fraction of sp³-hybridized carbons (Fsp3) is 0.625. The normalized spacial score (nSPS) is 14.1. The summed E-state index contributed by atoms with van der Waals surface area (Å²) in [6.07, 6.45) is 23.4. The highest BCUT2D eigenvalue weighted by atomic mass is 16.5. The Hall–Kier alpha value is -1.61. The topological polar surface area (TPSA) is 46.5 Å². The molecule has 0 fully saturated rings. The average molecular weight is 377 g/mol. The molecule has 0 saturated carbocycles. The molecule has 0 aliphatic rings. The summed E-state index contributed by atoms with van der Waals surface area (Å²) in [5, 5.41) is 10.3. The van der Waals surface area contributed by atoms with Gasteiger partial charge in [-0.25, -0.2) is 0 Å². The molecule has 0 aromatic carbocycles. The van der Waals surface area contributed by atoms with Crippen molar-refractivity contribution in [3.05, 3.63) is 48.6 Å². The first-order valence-corrected chi connectivity index (χ1v) is 10.4. The smallest absolute Gasteiger partial charge is 0.305 e. The van der Waals surface area contributed by atoms with Crippen LogP contribution in [0.15, 0.2) is 48.6 Å². The van der Waals surface area contributed by atoms with Crippen molar-refractivity contribution in [3.8, 4) is 0 Å². The van der Waals surface area contributed by atoms with Gasteiger partial charge in [0.25, 0.3) is 0 Å². The van der Waals surface area contributed by atoms with E-state index in [4.69, 9.17) is 4.74 Å². The number of rotatable bonds is 15. The van der Waals surface area contributed by atoms with Gasteiger partial charge in [0.1, 0.15) is 0 Å². The zero-order valence-electron chi connectivity index (χ0n) is 17.8. The van der Waals surface area contributed by atoms with Gasteiger partial charge < -0.3 is 9.84 Å². The lowest BCUT2D eigenvalue weighted by Crippen LogP contribution is -2.27. The number of carbonyl (C=O) groups excluding carboxylic acids is 1. The Labute approximate surface area is 166 Å². The first kappa shape index (κ1) is 25.4. The maximum Gasteiger partial charge on any atom is 0.305 e. The van der Waals surface area contributed by atoms with E-state index in [9.17, 15) is 9.90 Å². The molecule has 1 unspecified atom stereocenters. The molecule has 1 atom stereocenters. The molecule has 0 amide bonds. The third-order valence-electron chi connectivity index (χ3n) is 4.45. The molecule has 0 heterocycles. The van der Waals surface area contributed by atoms with Gasteiger partial charge in [0.15, 0.2) is 0 Å². The number of aliphatic hydroxyl groups is 1. The number of ether oxygens (including phenoxy) is 1. The molecule has 27 heavy (non-hydrogen) atoms. The maximum absolute atomic E-state index is 11.2. The van der Waals surface area contributed by atoms with Gasteiger partial charge in [-0.05, 0) is 44.4 Å². The van der Waals surface area contributed by atoms with E-state index in [0.29, 0.717) is 13.0 Å². The van der Waals surface area contributed by atoms with Crippen LogP contribution in [-0.4, -0.2) is 23.8 Å². The lowest BCUT2D eigenvalue weighted by atomic mass is 9.81. The second-order valence-corrected chi connectivity index (χ2v) is 7.46. The summed E-state index contributed by atoms with van der Waals surface area (Å²) >= 11 is 0. The Morgan fingerprint density at radius 1 is 1.00 bits per heavy atom. The standard InChI is InChI=1S/C24H40O3/c1-5-7-21-24(3,4)22(25)19-17-15-13-11-9-8-10-12-14-16-18-20-23(26)27-6-2/h8-9,12-15,17,19,22,25H,5-7,10-11,16,18,20-21H2,1-4H3/b9-8-,14-12-,15-13-,19-17+. The SMILES string of the molecule is CCCCC(C)(C)C(O)/C=C/C=C\C/C=C\C/C=C\CCCC(=O)OCC. The van der Waals surface area contributed by atoms with Gasteiger partial charge in [-0.1, -0.05) is 82.2 Å². The van der Waals surface area contributed by atoms with Crippen molar-refractivity contribution >= 4 is 5.97 Å². The van der Waals surface area contributed by atoms with Crippen LogP contribution < -0.4 is 0 Å². The zero-order valence-corrected chi connectivity index (χ0v) is 17.8. The van der Waals surface area contributed by atoms with Crippen molar-refractivity contribution < 1.29 is 14.6 Å². The quantitative estimate of drug-likeness (QED) is 0.158. The third kappa shape index (κ3) is 15.2. The number of esters is 1. The van der Waals surface area contributed by atoms with E-state index in [-0.39, 0.29) is 11.4 Å². The van der Waals surface area contributed by atoms with E-state index < -0.39 is 6.10 Å². The van der Waals surface area contributed by atoms with Gasteiger partial charge in [-0.15, -0.1) is 0 Å². The summed E-state index contributed by atoms with van der Waals surface area (Å²) in [5.74, 6) is -0.108. The summed E-state index contributed by atoms with van der Waals surface area (Å²) < 4.78 is 4.89. The Bertz CT molecular complexity index is 484. The molecular formula is C24H40O3. The van der Waals surface area contributed by atoms with Crippen LogP contribution in [0, 0.1) is 5.41 Å². The zero-order chi connectivity index (χ0) is 20.4. The van der Waals surface area contributed by atoms with Crippen molar-refractivity contribution in [2.24, 2.45) is 5.41 Å². The van der Waals surface area contributed by atoms with E-state index in [1.165, 1.54) is 0 Å². The molecule has 0 aromatic rings. The summed E-state index contributed by atoms with van der Waals surface area (Å²) in [6.45, 7) is 8.70. The van der Waals surface area contributed by atoms with Crippen LogP contribution >= 0.6 is 0 Å². The molecule has 0 bridgehead atoms. The van der Waals surface area contributed by atoms with Gasteiger partial charge in [0, 0.05) is 6.42 Å². The molecular weight excluding hydrogens is 336 g/mol. The second kappa shape index (κ2) is 16.6. The highest BCUT2D eigenvalue weighted by molar-refractivity contribution is 5.69. The van der Waals surface area contributed by atoms with Gasteiger partial charge in [-0.3, -0.25) is 4.79 Å². The molecule has 0 rings (SSSR count). The second-order valence-electron chi connectivity index (χ2n) is 7.46. The lowest BCUT2D eigenvalue weighted by Gasteiger charge is -2.28. The molecule has 3 heteroatoms. The van der Waals surface area contributed by atoms with Crippen LogP contribution in [0.25, 0.3) is 0 Å². The summed E-state index contributed by atoms with van der Waals surface area (Å²) in [5.41, 5.74) is -0.0666. The van der Waals surface area contributed by atoms with Gasteiger partial charge >= 0.3 is 5.97 Å². The van der Waals surface area contributed by atoms with E-state index in [0.717, 1.165) is 44.9 Å². The highest BCUT2D eigenvalue weighted by Crippen LogP contribution is 2.28. The molecule has 0 aromatic heterocycles.